The molecule has 0 aromatic rings. The summed E-state index contributed by atoms with van der Waals surface area (Å²) < 4.78 is 0. The normalized spacial score (nSPS) is 24.7. The molecular formula is C15H29NO2. The summed E-state index contributed by atoms with van der Waals surface area (Å²) in [6.07, 6.45) is 6.51. The quantitative estimate of drug-likeness (QED) is 0.758. The van der Waals surface area contributed by atoms with E-state index >= 15 is 0 Å². The van der Waals surface area contributed by atoms with Crippen LogP contribution in [0.4, 0.5) is 0 Å². The first kappa shape index (κ1) is 15.5. The second-order valence-corrected chi connectivity index (χ2v) is 6.21. The van der Waals surface area contributed by atoms with Crippen LogP contribution >= 0.6 is 0 Å². The van der Waals surface area contributed by atoms with Crippen LogP contribution in [0.1, 0.15) is 59.3 Å². The predicted molar refractivity (Wildman–Crippen MR) is 74.7 cm³/mol. The Morgan fingerprint density at radius 2 is 1.89 bits per heavy atom. The molecule has 1 aliphatic rings. The molecule has 18 heavy (non-hydrogen) atoms. The van der Waals surface area contributed by atoms with E-state index in [0.29, 0.717) is 12.5 Å². The predicted octanol–water partition coefficient (Wildman–Crippen LogP) is 3.39. The van der Waals surface area contributed by atoms with E-state index in [1.54, 1.807) is 0 Å². The summed E-state index contributed by atoms with van der Waals surface area (Å²) in [5, 5.41) is 8.70. The highest BCUT2D eigenvalue weighted by atomic mass is 16.4. The lowest BCUT2D eigenvalue weighted by molar-refractivity contribution is -0.137. The zero-order valence-electron chi connectivity index (χ0n) is 12.2. The van der Waals surface area contributed by atoms with Gasteiger partial charge in [-0.3, -0.25) is 4.79 Å². The van der Waals surface area contributed by atoms with E-state index < -0.39 is 5.97 Å². The van der Waals surface area contributed by atoms with Crippen molar-refractivity contribution in [1.29, 1.82) is 0 Å². The third kappa shape index (κ3) is 5.85. The van der Waals surface area contributed by atoms with Crippen molar-refractivity contribution in [2.24, 2.45) is 11.8 Å². The number of carbonyl (C=O) groups is 1. The first-order valence-electron chi connectivity index (χ1n) is 7.45. The van der Waals surface area contributed by atoms with Gasteiger partial charge in [-0.25, -0.2) is 0 Å². The van der Waals surface area contributed by atoms with Crippen LogP contribution in [-0.4, -0.2) is 35.1 Å². The molecule has 1 N–H and O–H groups in total. The summed E-state index contributed by atoms with van der Waals surface area (Å²) in [5.74, 6) is 1.05. The van der Waals surface area contributed by atoms with Gasteiger partial charge >= 0.3 is 5.97 Å². The summed E-state index contributed by atoms with van der Waals surface area (Å²) in [6, 6.07) is 0.526. The van der Waals surface area contributed by atoms with Crippen molar-refractivity contribution in [2.75, 3.05) is 13.1 Å². The second-order valence-electron chi connectivity index (χ2n) is 6.21. The van der Waals surface area contributed by atoms with Gasteiger partial charge < -0.3 is 10.0 Å². The summed E-state index contributed by atoms with van der Waals surface area (Å²) in [4.78, 5) is 13.0. The Bertz CT molecular complexity index is 245. The van der Waals surface area contributed by atoms with E-state index in [4.69, 9.17) is 5.11 Å². The molecule has 0 aromatic carbocycles. The molecule has 0 atom stereocenters. The van der Waals surface area contributed by atoms with Gasteiger partial charge in [0.05, 0.1) is 0 Å². The van der Waals surface area contributed by atoms with Crippen LogP contribution in [0.25, 0.3) is 0 Å². The van der Waals surface area contributed by atoms with Gasteiger partial charge in [-0.2, -0.15) is 0 Å². The first-order chi connectivity index (χ1) is 8.49. The van der Waals surface area contributed by atoms with Crippen molar-refractivity contribution in [3.05, 3.63) is 0 Å². The molecule has 0 aromatic heterocycles. The molecule has 1 rings (SSSR count). The molecule has 0 aliphatic heterocycles. The Balaban J connectivity index is 2.30. The fourth-order valence-electron chi connectivity index (χ4n) is 2.84. The van der Waals surface area contributed by atoms with Crippen LogP contribution in [-0.2, 0) is 4.79 Å². The van der Waals surface area contributed by atoms with Gasteiger partial charge in [0.2, 0.25) is 0 Å². The second kappa shape index (κ2) is 7.78. The van der Waals surface area contributed by atoms with Crippen LogP contribution < -0.4 is 0 Å². The topological polar surface area (TPSA) is 40.5 Å². The molecule has 0 unspecified atom stereocenters. The maximum Gasteiger partial charge on any atom is 0.303 e. The van der Waals surface area contributed by atoms with Crippen LogP contribution in [0.2, 0.25) is 0 Å². The van der Waals surface area contributed by atoms with Crippen molar-refractivity contribution in [3.8, 4) is 0 Å². The molecular weight excluding hydrogens is 226 g/mol. The Labute approximate surface area is 112 Å². The van der Waals surface area contributed by atoms with Gasteiger partial charge in [0.15, 0.2) is 0 Å². The standard InChI is InChI=1S/C15H29NO2/c1-12(2)16(10-4-5-15(17)18)11-14-8-6-13(3)7-9-14/h12-14H,4-11H2,1-3H3,(H,17,18). The Morgan fingerprint density at radius 3 is 2.39 bits per heavy atom. The minimum absolute atomic E-state index is 0.297. The van der Waals surface area contributed by atoms with Crippen LogP contribution in [0.3, 0.4) is 0 Å². The molecule has 3 nitrogen and oxygen atoms in total. The van der Waals surface area contributed by atoms with E-state index in [0.717, 1.165) is 31.3 Å². The van der Waals surface area contributed by atoms with Gasteiger partial charge in [0.1, 0.15) is 0 Å². The Hall–Kier alpha value is -0.570. The molecule has 0 bridgehead atoms. The fourth-order valence-corrected chi connectivity index (χ4v) is 2.84. The summed E-state index contributed by atoms with van der Waals surface area (Å²) in [5.41, 5.74) is 0. The van der Waals surface area contributed by atoms with E-state index in [1.807, 2.05) is 0 Å². The highest BCUT2D eigenvalue weighted by Gasteiger charge is 2.21. The Kier molecular flexibility index (Phi) is 6.69. The number of hydrogen-bond donors (Lipinski definition) is 1. The van der Waals surface area contributed by atoms with Crippen molar-refractivity contribution < 1.29 is 9.90 Å². The summed E-state index contributed by atoms with van der Waals surface area (Å²) in [6.45, 7) is 8.86. The Morgan fingerprint density at radius 1 is 1.28 bits per heavy atom. The number of carboxylic acid groups (broad SMARTS) is 1. The molecule has 1 fully saturated rings. The molecule has 0 saturated heterocycles. The lowest BCUT2D eigenvalue weighted by atomic mass is 9.82. The lowest BCUT2D eigenvalue weighted by Crippen LogP contribution is -2.37. The van der Waals surface area contributed by atoms with Crippen molar-refractivity contribution in [3.63, 3.8) is 0 Å². The summed E-state index contributed by atoms with van der Waals surface area (Å²) in [7, 11) is 0. The minimum atomic E-state index is -0.676. The van der Waals surface area contributed by atoms with Crippen LogP contribution in [0.15, 0.2) is 0 Å². The number of aliphatic carboxylic acids is 1. The summed E-state index contributed by atoms with van der Waals surface area (Å²) >= 11 is 0. The third-order valence-electron chi connectivity index (χ3n) is 4.19. The van der Waals surface area contributed by atoms with Crippen LogP contribution in [0, 0.1) is 11.8 Å². The first-order valence-corrected chi connectivity index (χ1v) is 7.45. The SMILES string of the molecule is CC1CCC(CN(CCCC(=O)O)C(C)C)CC1. The smallest absolute Gasteiger partial charge is 0.303 e. The van der Waals surface area contributed by atoms with Gasteiger partial charge in [-0.15, -0.1) is 0 Å². The maximum absolute atomic E-state index is 10.6. The van der Waals surface area contributed by atoms with Crippen molar-refractivity contribution in [1.82, 2.24) is 4.90 Å². The third-order valence-corrected chi connectivity index (χ3v) is 4.19. The van der Waals surface area contributed by atoms with Crippen molar-refractivity contribution in [2.45, 2.75) is 65.3 Å². The molecule has 106 valence electrons. The number of rotatable bonds is 7. The molecule has 0 amide bonds. The number of hydrogen-bond acceptors (Lipinski definition) is 2. The lowest BCUT2D eigenvalue weighted by Gasteiger charge is -2.34. The van der Waals surface area contributed by atoms with Crippen molar-refractivity contribution >= 4 is 5.97 Å². The van der Waals surface area contributed by atoms with Gasteiger partial charge in [-0.05, 0) is 51.5 Å². The largest absolute Gasteiger partial charge is 0.481 e. The molecule has 3 heteroatoms. The monoisotopic (exact) mass is 255 g/mol. The van der Waals surface area contributed by atoms with E-state index in [1.165, 1.54) is 25.7 Å². The average molecular weight is 255 g/mol. The van der Waals surface area contributed by atoms with Gasteiger partial charge in [0, 0.05) is 19.0 Å². The fraction of sp³-hybridized carbons (Fsp3) is 0.933. The average Bonchev–Trinajstić information content (AvgIpc) is 2.30. The van der Waals surface area contributed by atoms with Gasteiger partial charge in [-0.1, -0.05) is 19.8 Å². The number of carboxylic acids is 1. The van der Waals surface area contributed by atoms with Gasteiger partial charge in [0.25, 0.3) is 0 Å². The molecule has 1 aliphatic carbocycles. The van der Waals surface area contributed by atoms with E-state index in [-0.39, 0.29) is 0 Å². The number of nitrogens with zero attached hydrogens (tertiary/aromatic N) is 1. The van der Waals surface area contributed by atoms with E-state index in [9.17, 15) is 4.79 Å². The zero-order chi connectivity index (χ0) is 13.5. The van der Waals surface area contributed by atoms with E-state index in [2.05, 4.69) is 25.7 Å². The zero-order valence-corrected chi connectivity index (χ0v) is 12.2. The molecule has 0 spiro atoms. The molecule has 0 heterocycles. The maximum atomic E-state index is 10.6. The molecule has 0 radical (unpaired) electrons. The molecule has 1 saturated carbocycles. The minimum Gasteiger partial charge on any atom is -0.481 e. The highest BCUT2D eigenvalue weighted by molar-refractivity contribution is 5.66. The van der Waals surface area contributed by atoms with Crippen LogP contribution in [0.5, 0.6) is 0 Å². The highest BCUT2D eigenvalue weighted by Crippen LogP contribution is 2.29.